The fourth-order valence-corrected chi connectivity index (χ4v) is 14.6. The van der Waals surface area contributed by atoms with Gasteiger partial charge in [0, 0.05) is 0 Å². The van der Waals surface area contributed by atoms with E-state index in [1.165, 1.54) is 63.9 Å². The van der Waals surface area contributed by atoms with Gasteiger partial charge in [0.25, 0.3) is 0 Å². The van der Waals surface area contributed by atoms with Crippen LogP contribution in [0.4, 0.5) is 0 Å². The SMILES string of the molecule is C=CC[PH](C1CCCCC1)(C1CCCCC1)C1CCCCC1.[Cl][Pd][Cl]. The summed E-state index contributed by atoms with van der Waals surface area (Å²) in [5.41, 5.74) is 3.47. The standard InChI is InChI=1S/C21H39P.2ClH.Pd/c1-2-18-22(19-12-6-3-7-13-19,20-14-8-4-9-15-20)21-16-10-5-11-17-21;;;/h2,19-22H,1,3-18H2;2*1H;/q;;;+2/p-2. The van der Waals surface area contributed by atoms with Gasteiger partial charge in [0.05, 0.1) is 0 Å². The molecule has 0 aromatic rings. The number of halogens is 2. The molecule has 0 radical (unpaired) electrons. The predicted molar refractivity (Wildman–Crippen MR) is 116 cm³/mol. The molecular formula is C21H39Cl2PPd. The first-order valence-corrected chi connectivity index (χ1v) is 17.2. The van der Waals surface area contributed by atoms with Crippen LogP contribution in [0.25, 0.3) is 0 Å². The molecule has 152 valence electrons. The van der Waals surface area contributed by atoms with Crippen molar-refractivity contribution in [3.05, 3.63) is 12.7 Å². The molecule has 0 aromatic carbocycles. The molecular weight excluding hydrogens is 461 g/mol. The second-order valence-electron chi connectivity index (χ2n) is 8.66. The van der Waals surface area contributed by atoms with E-state index in [-0.39, 0.29) is 15.9 Å². The van der Waals surface area contributed by atoms with Crippen LogP contribution in [0.2, 0.25) is 0 Å². The van der Waals surface area contributed by atoms with Crippen molar-refractivity contribution in [2.24, 2.45) is 0 Å². The number of hydrogen-bond donors (Lipinski definition) is 0. The zero-order valence-electron chi connectivity index (χ0n) is 15.9. The van der Waals surface area contributed by atoms with E-state index in [9.17, 15) is 0 Å². The minimum absolute atomic E-state index is 0.106. The topological polar surface area (TPSA) is 0 Å². The first-order valence-electron chi connectivity index (χ1n) is 10.7. The number of allylic oxidation sites excluding steroid dienone is 1. The van der Waals surface area contributed by atoms with Crippen LogP contribution < -0.4 is 0 Å². The van der Waals surface area contributed by atoms with Crippen LogP contribution in [0, 0.1) is 0 Å². The van der Waals surface area contributed by atoms with Gasteiger partial charge in [-0.2, -0.15) is 0 Å². The molecule has 3 fully saturated rings. The second-order valence-corrected chi connectivity index (χ2v) is 16.1. The average molecular weight is 500 g/mol. The number of hydrogen-bond acceptors (Lipinski definition) is 0. The van der Waals surface area contributed by atoms with E-state index in [0.29, 0.717) is 0 Å². The minimum atomic E-state index is -1.21. The quantitative estimate of drug-likeness (QED) is 0.203. The summed E-state index contributed by atoms with van der Waals surface area (Å²) in [6.45, 7) is 4.26. The van der Waals surface area contributed by atoms with Crippen molar-refractivity contribution in [2.45, 2.75) is 113 Å². The van der Waals surface area contributed by atoms with Crippen molar-refractivity contribution in [1.29, 1.82) is 0 Å². The van der Waals surface area contributed by atoms with E-state index in [0.717, 1.165) is 17.0 Å². The van der Waals surface area contributed by atoms with Crippen LogP contribution in [0.15, 0.2) is 12.7 Å². The van der Waals surface area contributed by atoms with Gasteiger partial charge in [-0.15, -0.1) is 0 Å². The van der Waals surface area contributed by atoms with Crippen LogP contribution in [-0.4, -0.2) is 23.1 Å². The predicted octanol–water partition coefficient (Wildman–Crippen LogP) is 8.30. The molecule has 0 unspecified atom stereocenters. The van der Waals surface area contributed by atoms with Crippen molar-refractivity contribution >= 4 is 26.3 Å². The molecule has 0 bridgehead atoms. The van der Waals surface area contributed by atoms with E-state index >= 15 is 0 Å². The van der Waals surface area contributed by atoms with Crippen molar-refractivity contribution in [2.75, 3.05) is 6.16 Å². The zero-order valence-corrected chi connectivity index (χ0v) is 20.0. The van der Waals surface area contributed by atoms with Crippen LogP contribution in [0.3, 0.4) is 0 Å². The molecule has 3 saturated carbocycles. The van der Waals surface area contributed by atoms with Gasteiger partial charge in [0.1, 0.15) is 0 Å². The fourth-order valence-electron chi connectivity index (χ4n) is 6.67. The summed E-state index contributed by atoms with van der Waals surface area (Å²) in [6.07, 6.45) is 27.2. The summed E-state index contributed by atoms with van der Waals surface area (Å²) < 4.78 is 0. The van der Waals surface area contributed by atoms with Gasteiger partial charge in [-0.25, -0.2) is 0 Å². The summed E-state index contributed by atoms with van der Waals surface area (Å²) in [5, 5.41) is 0. The molecule has 0 spiro atoms. The first-order chi connectivity index (χ1) is 12.3. The van der Waals surface area contributed by atoms with E-state index in [1.807, 2.05) is 0 Å². The molecule has 0 atom stereocenters. The third-order valence-electron chi connectivity index (χ3n) is 7.59. The zero-order chi connectivity index (χ0) is 18.0. The summed E-state index contributed by atoms with van der Waals surface area (Å²) >= 11 is -0.106. The summed E-state index contributed by atoms with van der Waals surface area (Å²) in [5.74, 6) is 0. The molecule has 25 heavy (non-hydrogen) atoms. The van der Waals surface area contributed by atoms with Gasteiger partial charge < -0.3 is 0 Å². The fraction of sp³-hybridized carbons (Fsp3) is 0.905. The molecule has 4 heteroatoms. The van der Waals surface area contributed by atoms with E-state index in [4.69, 9.17) is 19.1 Å². The Bertz CT molecular complexity index is 313. The molecule has 0 heterocycles. The molecule has 0 saturated heterocycles. The summed E-state index contributed by atoms with van der Waals surface area (Å²) in [4.78, 5) is 0. The monoisotopic (exact) mass is 498 g/mol. The molecule has 0 aliphatic heterocycles. The second kappa shape index (κ2) is 12.8. The van der Waals surface area contributed by atoms with Gasteiger partial charge in [-0.3, -0.25) is 0 Å². The van der Waals surface area contributed by atoms with Crippen molar-refractivity contribution in [1.82, 2.24) is 0 Å². The average Bonchev–Trinajstić information content (AvgIpc) is 2.69. The maximum absolute atomic E-state index is 4.81. The van der Waals surface area contributed by atoms with Gasteiger partial charge in [-0.1, -0.05) is 0 Å². The summed E-state index contributed by atoms with van der Waals surface area (Å²) in [7, 11) is 8.42. The molecule has 0 N–H and O–H groups in total. The van der Waals surface area contributed by atoms with E-state index < -0.39 is 7.26 Å². The Hall–Kier alpha value is 1.41. The molecule has 0 amide bonds. The van der Waals surface area contributed by atoms with Crippen LogP contribution in [-0.2, 0) is 15.9 Å². The van der Waals surface area contributed by atoms with E-state index in [2.05, 4.69) is 12.7 Å². The Balaban J connectivity index is 0.000000701. The molecule has 0 nitrogen and oxygen atoms in total. The van der Waals surface area contributed by atoms with Gasteiger partial charge >= 0.3 is 174 Å². The van der Waals surface area contributed by atoms with E-state index in [1.54, 1.807) is 38.5 Å². The van der Waals surface area contributed by atoms with Gasteiger partial charge in [0.2, 0.25) is 0 Å². The number of rotatable bonds is 5. The van der Waals surface area contributed by atoms with Gasteiger partial charge in [-0.05, 0) is 0 Å². The van der Waals surface area contributed by atoms with Crippen molar-refractivity contribution < 1.29 is 15.9 Å². The third kappa shape index (κ3) is 6.20. The Labute approximate surface area is 173 Å². The van der Waals surface area contributed by atoms with Crippen LogP contribution >= 0.6 is 26.3 Å². The first kappa shape index (κ1) is 22.7. The maximum atomic E-state index is 4.81. The Kier molecular flexibility index (Phi) is 11.6. The van der Waals surface area contributed by atoms with Crippen molar-refractivity contribution in [3.8, 4) is 0 Å². The molecule has 3 aliphatic rings. The third-order valence-corrected chi connectivity index (χ3v) is 14.9. The molecule has 3 aliphatic carbocycles. The Morgan fingerprint density at radius 1 is 0.680 bits per heavy atom. The summed E-state index contributed by atoms with van der Waals surface area (Å²) in [6, 6.07) is 0. The van der Waals surface area contributed by atoms with Crippen LogP contribution in [0.1, 0.15) is 96.3 Å². The van der Waals surface area contributed by atoms with Gasteiger partial charge in [0.15, 0.2) is 0 Å². The molecule has 0 aromatic heterocycles. The van der Waals surface area contributed by atoms with Crippen LogP contribution in [0.5, 0.6) is 0 Å². The van der Waals surface area contributed by atoms with Crippen molar-refractivity contribution in [3.63, 3.8) is 0 Å². The molecule has 3 rings (SSSR count). The Morgan fingerprint density at radius 2 is 0.960 bits per heavy atom. The normalized spacial score (nSPS) is 25.2. The Morgan fingerprint density at radius 3 is 1.20 bits per heavy atom.